The number of aromatic nitrogens is 2. The number of hydrogen-bond donors (Lipinski definition) is 0. The summed E-state index contributed by atoms with van der Waals surface area (Å²) in [4.78, 5) is 0. The maximum Gasteiger partial charge on any atom is 0.188 e. The summed E-state index contributed by atoms with van der Waals surface area (Å²) in [5, 5.41) is 24.0. The zero-order chi connectivity index (χ0) is 19.3. The molecular weight excluding hydrogens is 348 g/mol. The molecular formula is C24H18N2O2. The summed E-state index contributed by atoms with van der Waals surface area (Å²) in [6.45, 7) is 0. The van der Waals surface area contributed by atoms with Gasteiger partial charge >= 0.3 is 0 Å². The lowest BCUT2D eigenvalue weighted by Gasteiger charge is -2.16. The van der Waals surface area contributed by atoms with E-state index >= 15 is 0 Å². The number of nitrogens with zero attached hydrogens (tertiary/aromatic N) is 2. The van der Waals surface area contributed by atoms with E-state index in [4.69, 9.17) is 0 Å². The van der Waals surface area contributed by atoms with Crippen LogP contribution in [0.5, 0.6) is 0 Å². The molecule has 2 aromatic heterocycles. The fraction of sp³-hybridized carbons (Fsp3) is 0. The predicted octanol–water partition coefficient (Wildman–Crippen LogP) is 3.96. The molecule has 0 aliphatic rings. The van der Waals surface area contributed by atoms with Crippen molar-refractivity contribution >= 4 is 11.1 Å². The third-order valence-electron chi connectivity index (χ3n) is 4.50. The van der Waals surface area contributed by atoms with Crippen LogP contribution in [0.1, 0.15) is 22.3 Å². The van der Waals surface area contributed by atoms with Gasteiger partial charge in [0.05, 0.1) is 0 Å². The summed E-state index contributed by atoms with van der Waals surface area (Å²) < 4.78 is 1.55. The first-order valence-corrected chi connectivity index (χ1v) is 8.96. The van der Waals surface area contributed by atoms with Gasteiger partial charge < -0.3 is 10.4 Å². The molecule has 4 heteroatoms. The molecule has 2 aromatic carbocycles. The summed E-state index contributed by atoms with van der Waals surface area (Å²) in [5.74, 6) is 0. The van der Waals surface area contributed by atoms with Gasteiger partial charge in [-0.3, -0.25) is 0 Å². The molecule has 0 aliphatic heterocycles. The van der Waals surface area contributed by atoms with Crippen LogP contribution in [0.25, 0.3) is 11.1 Å². The molecule has 0 bridgehead atoms. The highest BCUT2D eigenvalue weighted by atomic mass is 16.5. The van der Waals surface area contributed by atoms with Crippen LogP contribution in [0.3, 0.4) is 0 Å². The average molecular weight is 366 g/mol. The van der Waals surface area contributed by atoms with E-state index in [0.29, 0.717) is 0 Å². The van der Waals surface area contributed by atoms with E-state index in [1.807, 2.05) is 72.8 Å². The molecule has 0 N–H and O–H groups in total. The second kappa shape index (κ2) is 7.76. The van der Waals surface area contributed by atoms with Gasteiger partial charge in [0.2, 0.25) is 0 Å². The molecule has 4 aromatic rings. The van der Waals surface area contributed by atoms with Crippen molar-refractivity contribution < 1.29 is 9.46 Å². The maximum atomic E-state index is 12.0. The standard InChI is InChI=1S/C24H18N2O2/c27-25-15-7-13-21(17-25)24(22-14-8-16-26(28)18-22)23(19-9-3-1-4-10-19)20-11-5-2-6-12-20/h1-18H. The first-order valence-electron chi connectivity index (χ1n) is 8.96. The van der Waals surface area contributed by atoms with Gasteiger partial charge in [0.25, 0.3) is 0 Å². The zero-order valence-electron chi connectivity index (χ0n) is 15.1. The molecule has 2 heterocycles. The Morgan fingerprint density at radius 2 is 0.821 bits per heavy atom. The third-order valence-corrected chi connectivity index (χ3v) is 4.50. The Hall–Kier alpha value is -3.92. The minimum Gasteiger partial charge on any atom is -0.619 e. The monoisotopic (exact) mass is 366 g/mol. The van der Waals surface area contributed by atoms with E-state index in [2.05, 4.69) is 0 Å². The van der Waals surface area contributed by atoms with Gasteiger partial charge in [-0.05, 0) is 28.8 Å². The fourth-order valence-electron chi connectivity index (χ4n) is 3.33. The van der Waals surface area contributed by atoms with Gasteiger partial charge in [0, 0.05) is 28.8 Å². The topological polar surface area (TPSA) is 53.9 Å². The summed E-state index contributed by atoms with van der Waals surface area (Å²) >= 11 is 0. The van der Waals surface area contributed by atoms with Crippen molar-refractivity contribution in [2.45, 2.75) is 0 Å². The third kappa shape index (κ3) is 3.62. The fourth-order valence-corrected chi connectivity index (χ4v) is 3.33. The largest absolute Gasteiger partial charge is 0.619 e. The van der Waals surface area contributed by atoms with Crippen LogP contribution in [-0.2, 0) is 0 Å². The van der Waals surface area contributed by atoms with Crippen LogP contribution in [0.4, 0.5) is 0 Å². The van der Waals surface area contributed by atoms with E-state index < -0.39 is 0 Å². The van der Waals surface area contributed by atoms with Crippen LogP contribution < -0.4 is 9.46 Å². The molecule has 28 heavy (non-hydrogen) atoms. The lowest BCUT2D eigenvalue weighted by molar-refractivity contribution is -0.605. The zero-order valence-corrected chi connectivity index (χ0v) is 15.1. The van der Waals surface area contributed by atoms with Crippen LogP contribution in [0, 0.1) is 10.4 Å². The lowest BCUT2D eigenvalue weighted by atomic mass is 9.87. The minimum atomic E-state index is 0.742. The Kier molecular flexibility index (Phi) is 4.85. The van der Waals surface area contributed by atoms with Gasteiger partial charge in [0.1, 0.15) is 0 Å². The smallest absolute Gasteiger partial charge is 0.188 e. The van der Waals surface area contributed by atoms with Crippen molar-refractivity contribution in [1.29, 1.82) is 0 Å². The van der Waals surface area contributed by atoms with Gasteiger partial charge in [0.15, 0.2) is 24.8 Å². The van der Waals surface area contributed by atoms with Gasteiger partial charge in [-0.1, -0.05) is 60.7 Å². The summed E-state index contributed by atoms with van der Waals surface area (Å²) in [6, 6.07) is 27.2. The average Bonchev–Trinajstić information content (AvgIpc) is 2.73. The molecule has 0 saturated heterocycles. The van der Waals surface area contributed by atoms with Crippen LogP contribution in [-0.4, -0.2) is 0 Å². The molecule has 0 amide bonds. The van der Waals surface area contributed by atoms with Crippen molar-refractivity contribution in [2.24, 2.45) is 0 Å². The molecule has 0 saturated carbocycles. The lowest BCUT2D eigenvalue weighted by Crippen LogP contribution is -2.26. The number of benzene rings is 2. The first kappa shape index (κ1) is 17.5. The quantitative estimate of drug-likeness (QED) is 0.405. The molecule has 136 valence electrons. The number of hydrogen-bond acceptors (Lipinski definition) is 2. The number of pyridine rings is 2. The van der Waals surface area contributed by atoms with Crippen molar-refractivity contribution in [2.75, 3.05) is 0 Å². The minimum absolute atomic E-state index is 0.742. The first-order chi connectivity index (χ1) is 13.7. The van der Waals surface area contributed by atoms with Crippen molar-refractivity contribution in [3.8, 4) is 0 Å². The Labute approximate surface area is 163 Å². The Balaban J connectivity index is 2.12. The van der Waals surface area contributed by atoms with E-state index in [9.17, 15) is 10.4 Å². The maximum absolute atomic E-state index is 12.0. The van der Waals surface area contributed by atoms with Gasteiger partial charge in [-0.2, -0.15) is 9.46 Å². The Morgan fingerprint density at radius 3 is 1.21 bits per heavy atom. The highest BCUT2D eigenvalue weighted by molar-refractivity contribution is 6.04. The molecule has 0 fully saturated rings. The van der Waals surface area contributed by atoms with E-state index in [-0.39, 0.29) is 0 Å². The molecule has 0 radical (unpaired) electrons. The van der Waals surface area contributed by atoms with E-state index in [1.54, 1.807) is 12.1 Å². The number of rotatable bonds is 4. The molecule has 4 nitrogen and oxygen atoms in total. The summed E-state index contributed by atoms with van der Waals surface area (Å²) in [7, 11) is 0. The predicted molar refractivity (Wildman–Crippen MR) is 109 cm³/mol. The summed E-state index contributed by atoms with van der Waals surface area (Å²) in [6.07, 6.45) is 5.96. The van der Waals surface area contributed by atoms with Crippen LogP contribution in [0.15, 0.2) is 110 Å². The molecule has 0 unspecified atom stereocenters. The van der Waals surface area contributed by atoms with Crippen molar-refractivity contribution in [3.63, 3.8) is 0 Å². The molecule has 4 rings (SSSR count). The second-order valence-electron chi connectivity index (χ2n) is 6.39. The Morgan fingerprint density at radius 1 is 0.464 bits per heavy atom. The molecule has 0 aliphatic carbocycles. The van der Waals surface area contributed by atoms with Crippen LogP contribution in [0.2, 0.25) is 0 Å². The highest BCUT2D eigenvalue weighted by Crippen LogP contribution is 2.35. The SMILES string of the molecule is [O-][n+]1cccc(C(=C(c2ccccc2)c2ccccc2)c2ccc[n+]([O-])c2)c1. The Bertz CT molecular complexity index is 1030. The molecule has 0 spiro atoms. The highest BCUT2D eigenvalue weighted by Gasteiger charge is 2.19. The van der Waals surface area contributed by atoms with Crippen molar-refractivity contribution in [1.82, 2.24) is 0 Å². The van der Waals surface area contributed by atoms with Gasteiger partial charge in [-0.15, -0.1) is 0 Å². The van der Waals surface area contributed by atoms with E-state index in [1.165, 1.54) is 24.8 Å². The normalized spacial score (nSPS) is 10.4. The summed E-state index contributed by atoms with van der Waals surface area (Å²) in [5.41, 5.74) is 5.28. The van der Waals surface area contributed by atoms with Crippen LogP contribution >= 0.6 is 0 Å². The van der Waals surface area contributed by atoms with Crippen molar-refractivity contribution in [3.05, 3.63) is 142 Å². The van der Waals surface area contributed by atoms with E-state index in [0.717, 1.165) is 42.9 Å². The van der Waals surface area contributed by atoms with Gasteiger partial charge in [-0.25, -0.2) is 0 Å². The molecule has 0 atom stereocenters. The second-order valence-corrected chi connectivity index (χ2v) is 6.39.